The molecule has 2 aliphatic heterocycles. The average Bonchev–Trinajstić information content (AvgIpc) is 2.95. The summed E-state index contributed by atoms with van der Waals surface area (Å²) in [6, 6.07) is 7.81. The van der Waals surface area contributed by atoms with E-state index in [1.165, 1.54) is 5.75 Å². The van der Waals surface area contributed by atoms with Crippen LogP contribution >= 0.6 is 11.8 Å². The zero-order chi connectivity index (χ0) is 14.9. The molecule has 21 heavy (non-hydrogen) atoms. The van der Waals surface area contributed by atoms with E-state index in [0.29, 0.717) is 0 Å². The van der Waals surface area contributed by atoms with Crippen molar-refractivity contribution in [2.45, 2.75) is 37.4 Å². The van der Waals surface area contributed by atoms with Gasteiger partial charge in [-0.25, -0.2) is 0 Å². The molecule has 1 N–H and O–H groups in total. The molecule has 0 amide bonds. The van der Waals surface area contributed by atoms with Crippen molar-refractivity contribution in [3.05, 3.63) is 29.8 Å². The van der Waals surface area contributed by atoms with Crippen molar-refractivity contribution in [3.8, 4) is 5.75 Å². The number of rotatable bonds is 3. The second kappa shape index (κ2) is 5.82. The lowest BCUT2D eigenvalue weighted by atomic mass is 9.73. The Kier molecular flexibility index (Phi) is 4.21. The quantitative estimate of drug-likeness (QED) is 0.930. The van der Waals surface area contributed by atoms with Gasteiger partial charge in [0.1, 0.15) is 5.75 Å². The molecule has 1 aromatic carbocycles. The van der Waals surface area contributed by atoms with E-state index in [0.717, 1.165) is 42.9 Å². The molecule has 3 unspecified atom stereocenters. The minimum Gasteiger partial charge on any atom is -0.497 e. The fraction of sp³-hybridized carbons (Fsp3) is 0.647. The van der Waals surface area contributed by atoms with Crippen molar-refractivity contribution in [3.63, 3.8) is 0 Å². The molecule has 116 valence electrons. The van der Waals surface area contributed by atoms with Gasteiger partial charge in [-0.15, -0.1) is 0 Å². The molecule has 4 heteroatoms. The van der Waals surface area contributed by atoms with Gasteiger partial charge in [0.15, 0.2) is 0 Å². The van der Waals surface area contributed by atoms with Crippen LogP contribution in [0.4, 0.5) is 0 Å². The van der Waals surface area contributed by atoms with Crippen LogP contribution in [0.2, 0.25) is 0 Å². The van der Waals surface area contributed by atoms with Gasteiger partial charge in [-0.3, -0.25) is 0 Å². The van der Waals surface area contributed by atoms with Crippen molar-refractivity contribution in [2.75, 3.05) is 25.2 Å². The lowest BCUT2D eigenvalue weighted by molar-refractivity contribution is -0.129. The first-order valence-electron chi connectivity index (χ1n) is 7.64. The summed E-state index contributed by atoms with van der Waals surface area (Å²) < 4.78 is 11.4. The summed E-state index contributed by atoms with van der Waals surface area (Å²) in [6.07, 6.45) is 2.98. The monoisotopic (exact) mass is 308 g/mol. The Bertz CT molecular complexity index is 495. The zero-order valence-electron chi connectivity index (χ0n) is 12.8. The Morgan fingerprint density at radius 3 is 3.05 bits per heavy atom. The highest BCUT2D eigenvalue weighted by molar-refractivity contribution is 7.99. The van der Waals surface area contributed by atoms with Gasteiger partial charge in [-0.05, 0) is 55.6 Å². The first-order valence-corrected chi connectivity index (χ1v) is 8.80. The van der Waals surface area contributed by atoms with Crippen LogP contribution in [-0.4, -0.2) is 35.9 Å². The number of benzene rings is 1. The smallest absolute Gasteiger partial charge is 0.119 e. The summed E-state index contributed by atoms with van der Waals surface area (Å²) in [6.45, 7) is 2.69. The second-order valence-electron chi connectivity index (χ2n) is 6.40. The maximum absolute atomic E-state index is 11.2. The van der Waals surface area contributed by atoms with E-state index >= 15 is 0 Å². The van der Waals surface area contributed by atoms with Crippen molar-refractivity contribution in [1.29, 1.82) is 0 Å². The van der Waals surface area contributed by atoms with E-state index < -0.39 is 5.60 Å². The topological polar surface area (TPSA) is 38.7 Å². The first-order chi connectivity index (χ1) is 10.1. The minimum atomic E-state index is -0.835. The van der Waals surface area contributed by atoms with Crippen LogP contribution in [0.1, 0.15) is 31.7 Å². The Balaban J connectivity index is 1.83. The average molecular weight is 308 g/mol. The standard InChI is InChI=1S/C17H24O3S/c1-16(18,13-4-3-5-15(10-13)19-2)14-6-8-20-17(11-14)7-9-21-12-17/h3-5,10,14,18H,6-9,11-12H2,1-2H3. The minimum absolute atomic E-state index is 0.00353. The van der Waals surface area contributed by atoms with E-state index in [-0.39, 0.29) is 11.5 Å². The van der Waals surface area contributed by atoms with Crippen molar-refractivity contribution in [1.82, 2.24) is 0 Å². The van der Waals surface area contributed by atoms with Crippen molar-refractivity contribution < 1.29 is 14.6 Å². The number of hydrogen-bond donors (Lipinski definition) is 1. The van der Waals surface area contributed by atoms with Gasteiger partial charge < -0.3 is 14.6 Å². The van der Waals surface area contributed by atoms with Crippen LogP contribution in [0.15, 0.2) is 24.3 Å². The summed E-state index contributed by atoms with van der Waals surface area (Å²) in [4.78, 5) is 0. The van der Waals surface area contributed by atoms with Crippen LogP contribution in [0.3, 0.4) is 0 Å². The maximum atomic E-state index is 11.2. The molecule has 2 saturated heterocycles. The molecule has 2 aliphatic rings. The van der Waals surface area contributed by atoms with Crippen LogP contribution in [0.5, 0.6) is 5.75 Å². The maximum Gasteiger partial charge on any atom is 0.119 e. The summed E-state index contributed by atoms with van der Waals surface area (Å²) in [5.41, 5.74) is 0.101. The molecule has 0 bridgehead atoms. The lowest BCUT2D eigenvalue weighted by Gasteiger charge is -2.44. The normalized spacial score (nSPS) is 32.0. The number of thioether (sulfide) groups is 1. The third kappa shape index (κ3) is 2.94. The van der Waals surface area contributed by atoms with Gasteiger partial charge in [0.25, 0.3) is 0 Å². The molecule has 1 spiro atoms. The largest absolute Gasteiger partial charge is 0.497 e. The fourth-order valence-corrected chi connectivity index (χ4v) is 4.92. The molecular formula is C17H24O3S. The van der Waals surface area contributed by atoms with Crippen LogP contribution in [0.25, 0.3) is 0 Å². The van der Waals surface area contributed by atoms with Gasteiger partial charge in [-0.1, -0.05) is 12.1 Å². The zero-order valence-corrected chi connectivity index (χ0v) is 13.6. The van der Waals surface area contributed by atoms with Gasteiger partial charge >= 0.3 is 0 Å². The van der Waals surface area contributed by atoms with Gasteiger partial charge in [-0.2, -0.15) is 11.8 Å². The van der Waals surface area contributed by atoms with Gasteiger partial charge in [0.05, 0.1) is 18.3 Å². The molecule has 0 radical (unpaired) electrons. The molecule has 0 aromatic heterocycles. The third-order valence-corrected chi connectivity index (χ3v) is 6.23. The van der Waals surface area contributed by atoms with Crippen molar-refractivity contribution in [2.24, 2.45) is 5.92 Å². The number of hydrogen-bond acceptors (Lipinski definition) is 4. The summed E-state index contributed by atoms with van der Waals surface area (Å²) >= 11 is 1.97. The molecule has 3 atom stereocenters. The van der Waals surface area contributed by atoms with E-state index in [1.807, 2.05) is 43.0 Å². The van der Waals surface area contributed by atoms with Crippen molar-refractivity contribution >= 4 is 11.8 Å². The molecule has 2 fully saturated rings. The highest BCUT2D eigenvalue weighted by Gasteiger charge is 2.46. The predicted octanol–water partition coefficient (Wildman–Crippen LogP) is 3.21. The Morgan fingerprint density at radius 2 is 2.33 bits per heavy atom. The molecule has 3 nitrogen and oxygen atoms in total. The SMILES string of the molecule is COc1cccc(C(C)(O)C2CCOC3(CCSC3)C2)c1. The Hall–Kier alpha value is -0.710. The molecule has 1 aromatic rings. The molecular weight excluding hydrogens is 284 g/mol. The number of ether oxygens (including phenoxy) is 2. The van der Waals surface area contributed by atoms with Gasteiger partial charge in [0.2, 0.25) is 0 Å². The summed E-state index contributed by atoms with van der Waals surface area (Å²) in [5.74, 6) is 3.27. The van der Waals surface area contributed by atoms with E-state index in [1.54, 1.807) is 7.11 Å². The predicted molar refractivity (Wildman–Crippen MR) is 85.9 cm³/mol. The number of methoxy groups -OCH3 is 1. The summed E-state index contributed by atoms with van der Waals surface area (Å²) in [5, 5.41) is 11.2. The van der Waals surface area contributed by atoms with Crippen LogP contribution < -0.4 is 4.74 Å². The fourth-order valence-electron chi connectivity index (χ4n) is 3.54. The molecule has 3 rings (SSSR count). The van der Waals surface area contributed by atoms with E-state index in [9.17, 15) is 5.11 Å². The Labute approximate surface area is 131 Å². The highest BCUT2D eigenvalue weighted by atomic mass is 32.2. The number of aliphatic hydroxyl groups is 1. The van der Waals surface area contributed by atoms with Gasteiger partial charge in [0, 0.05) is 12.4 Å². The van der Waals surface area contributed by atoms with Crippen LogP contribution in [-0.2, 0) is 10.3 Å². The van der Waals surface area contributed by atoms with Crippen LogP contribution in [0, 0.1) is 5.92 Å². The molecule has 0 saturated carbocycles. The lowest BCUT2D eigenvalue weighted by Crippen LogP contribution is -2.46. The van der Waals surface area contributed by atoms with E-state index in [4.69, 9.17) is 9.47 Å². The third-order valence-electron chi connectivity index (χ3n) is 5.01. The van der Waals surface area contributed by atoms with E-state index in [2.05, 4.69) is 0 Å². The second-order valence-corrected chi connectivity index (χ2v) is 7.51. The summed E-state index contributed by atoms with van der Waals surface area (Å²) in [7, 11) is 1.66. The Morgan fingerprint density at radius 1 is 1.48 bits per heavy atom. The first kappa shape index (κ1) is 15.2. The highest BCUT2D eigenvalue weighted by Crippen LogP contribution is 2.46. The molecule has 0 aliphatic carbocycles. The molecule has 2 heterocycles.